The number of hydrogen-bond acceptors (Lipinski definition) is 2. The third-order valence-corrected chi connectivity index (χ3v) is 3.41. The van der Waals surface area contributed by atoms with Crippen LogP contribution in [0.15, 0.2) is 0 Å². The molecule has 2 rings (SSSR count). The first-order chi connectivity index (χ1) is 7.61. The summed E-state index contributed by atoms with van der Waals surface area (Å²) in [7, 11) is 0. The SMILES string of the molecule is O=C(O)C1CCCC1.O=C(O)C1CCCC1.[CH3-].[CH3-].[Fe+2]. The third-order valence-electron chi connectivity index (χ3n) is 3.41. The van der Waals surface area contributed by atoms with Crippen LogP contribution in [0.25, 0.3) is 0 Å². The van der Waals surface area contributed by atoms with Crippen molar-refractivity contribution in [3.8, 4) is 0 Å². The maximum Gasteiger partial charge on any atom is 2.00 e. The fourth-order valence-electron chi connectivity index (χ4n) is 2.35. The minimum absolute atomic E-state index is 0. The molecule has 114 valence electrons. The summed E-state index contributed by atoms with van der Waals surface area (Å²) in [5, 5.41) is 16.8. The Morgan fingerprint density at radius 2 is 0.895 bits per heavy atom. The van der Waals surface area contributed by atoms with Gasteiger partial charge in [0.05, 0.1) is 11.8 Å². The summed E-state index contributed by atoms with van der Waals surface area (Å²) in [6.07, 6.45) is 8.02. The summed E-state index contributed by atoms with van der Waals surface area (Å²) in [5.41, 5.74) is 0. The average Bonchev–Trinajstić information content (AvgIpc) is 2.93. The van der Waals surface area contributed by atoms with Crippen LogP contribution >= 0.6 is 0 Å². The molecule has 0 saturated heterocycles. The quantitative estimate of drug-likeness (QED) is 0.605. The summed E-state index contributed by atoms with van der Waals surface area (Å²) in [5.74, 6) is -1.25. The Balaban J connectivity index is -0.000000233. The summed E-state index contributed by atoms with van der Waals surface area (Å²) >= 11 is 0. The normalized spacial score (nSPS) is 18.1. The van der Waals surface area contributed by atoms with Gasteiger partial charge in [0.15, 0.2) is 0 Å². The van der Waals surface area contributed by atoms with Crippen molar-refractivity contribution in [1.82, 2.24) is 0 Å². The van der Waals surface area contributed by atoms with Gasteiger partial charge in [-0.15, -0.1) is 0 Å². The van der Waals surface area contributed by atoms with Crippen LogP contribution in [0.1, 0.15) is 51.4 Å². The number of carboxylic acid groups (broad SMARTS) is 2. The molecule has 2 aliphatic rings. The largest absolute Gasteiger partial charge is 2.00 e. The minimum Gasteiger partial charge on any atom is -0.481 e. The first-order valence-electron chi connectivity index (χ1n) is 6.07. The second kappa shape index (κ2) is 12.5. The smallest absolute Gasteiger partial charge is 0.481 e. The van der Waals surface area contributed by atoms with Crippen molar-refractivity contribution in [3.05, 3.63) is 14.9 Å². The molecule has 19 heavy (non-hydrogen) atoms. The van der Waals surface area contributed by atoms with Gasteiger partial charge < -0.3 is 25.1 Å². The van der Waals surface area contributed by atoms with Gasteiger partial charge in [-0.2, -0.15) is 0 Å². The molecule has 2 aliphatic carbocycles. The maximum absolute atomic E-state index is 10.2. The van der Waals surface area contributed by atoms with E-state index < -0.39 is 11.9 Å². The summed E-state index contributed by atoms with van der Waals surface area (Å²) in [4.78, 5) is 20.4. The van der Waals surface area contributed by atoms with Crippen LogP contribution in [0.4, 0.5) is 0 Å². The Morgan fingerprint density at radius 1 is 0.684 bits per heavy atom. The van der Waals surface area contributed by atoms with E-state index in [1.54, 1.807) is 0 Å². The molecule has 0 heterocycles. The molecule has 2 saturated carbocycles. The van der Waals surface area contributed by atoms with Gasteiger partial charge in [-0.05, 0) is 25.7 Å². The summed E-state index contributed by atoms with van der Waals surface area (Å²) < 4.78 is 0. The van der Waals surface area contributed by atoms with Crippen LogP contribution in [0.3, 0.4) is 0 Å². The Morgan fingerprint density at radius 3 is 1.00 bits per heavy atom. The average molecular weight is 314 g/mol. The zero-order valence-electron chi connectivity index (χ0n) is 11.9. The van der Waals surface area contributed by atoms with Crippen molar-refractivity contribution in [2.45, 2.75) is 51.4 Å². The van der Waals surface area contributed by atoms with Crippen LogP contribution in [0, 0.1) is 26.7 Å². The molecule has 0 unspecified atom stereocenters. The molecule has 4 nitrogen and oxygen atoms in total. The van der Waals surface area contributed by atoms with Gasteiger partial charge in [0.25, 0.3) is 0 Å². The molecule has 2 fully saturated rings. The van der Waals surface area contributed by atoms with Crippen LogP contribution in [0.2, 0.25) is 0 Å². The standard InChI is InChI=1S/2C6H10O2.2CH3.Fe/c2*7-6(8)5-3-1-2-4-5;;;/h2*5H,1-4H2,(H,7,8);2*1H3;/q;;2*-1;+2. The van der Waals surface area contributed by atoms with E-state index in [9.17, 15) is 9.59 Å². The third kappa shape index (κ3) is 9.06. The number of carboxylic acids is 2. The molecule has 0 radical (unpaired) electrons. The maximum atomic E-state index is 10.2. The van der Waals surface area contributed by atoms with E-state index in [1.807, 2.05) is 0 Å². The molecule has 0 aromatic rings. The molecular formula is C14H26FeO4. The molecule has 5 heteroatoms. The summed E-state index contributed by atoms with van der Waals surface area (Å²) in [6, 6.07) is 0. The van der Waals surface area contributed by atoms with Crippen molar-refractivity contribution < 1.29 is 36.9 Å². The van der Waals surface area contributed by atoms with Crippen molar-refractivity contribution in [3.63, 3.8) is 0 Å². The Labute approximate surface area is 127 Å². The molecule has 0 aromatic carbocycles. The van der Waals surface area contributed by atoms with E-state index in [0.717, 1.165) is 51.4 Å². The van der Waals surface area contributed by atoms with E-state index in [2.05, 4.69) is 0 Å². The zero-order chi connectivity index (χ0) is 12.0. The Bertz CT molecular complexity index is 218. The van der Waals surface area contributed by atoms with Crippen LogP contribution in [-0.2, 0) is 26.7 Å². The second-order valence-corrected chi connectivity index (χ2v) is 4.64. The van der Waals surface area contributed by atoms with Gasteiger partial charge in [-0.25, -0.2) is 0 Å². The Hall–Kier alpha value is -0.541. The molecule has 2 N–H and O–H groups in total. The fourth-order valence-corrected chi connectivity index (χ4v) is 2.35. The van der Waals surface area contributed by atoms with Gasteiger partial charge in [-0.1, -0.05) is 25.7 Å². The first kappa shape index (κ1) is 23.5. The predicted molar refractivity (Wildman–Crippen MR) is 72.0 cm³/mol. The van der Waals surface area contributed by atoms with E-state index in [1.165, 1.54) is 0 Å². The minimum atomic E-state index is -0.609. The van der Waals surface area contributed by atoms with Crippen molar-refractivity contribution in [1.29, 1.82) is 0 Å². The predicted octanol–water partition coefficient (Wildman–Crippen LogP) is 3.42. The van der Waals surface area contributed by atoms with Crippen LogP contribution in [0.5, 0.6) is 0 Å². The number of rotatable bonds is 2. The van der Waals surface area contributed by atoms with Crippen molar-refractivity contribution in [2.75, 3.05) is 0 Å². The molecule has 0 aromatic heterocycles. The number of aliphatic carboxylic acids is 2. The number of hydrogen-bond donors (Lipinski definition) is 2. The van der Waals surface area contributed by atoms with Crippen LogP contribution in [-0.4, -0.2) is 22.2 Å². The molecule has 0 amide bonds. The van der Waals surface area contributed by atoms with E-state index in [-0.39, 0.29) is 43.8 Å². The second-order valence-electron chi connectivity index (χ2n) is 4.64. The van der Waals surface area contributed by atoms with Crippen molar-refractivity contribution in [2.24, 2.45) is 11.8 Å². The molecule has 0 atom stereocenters. The van der Waals surface area contributed by atoms with Gasteiger partial charge >= 0.3 is 29.0 Å². The Kier molecular flexibility index (Phi) is 15.5. The topological polar surface area (TPSA) is 74.6 Å². The van der Waals surface area contributed by atoms with Gasteiger partial charge in [0.2, 0.25) is 0 Å². The fraction of sp³-hybridized carbons (Fsp3) is 0.714. The van der Waals surface area contributed by atoms with Crippen LogP contribution < -0.4 is 0 Å². The van der Waals surface area contributed by atoms with E-state index >= 15 is 0 Å². The summed E-state index contributed by atoms with van der Waals surface area (Å²) in [6.45, 7) is 0. The van der Waals surface area contributed by atoms with E-state index in [4.69, 9.17) is 10.2 Å². The van der Waals surface area contributed by atoms with Gasteiger partial charge in [-0.3, -0.25) is 9.59 Å². The molecule has 0 spiro atoms. The molecular weight excluding hydrogens is 288 g/mol. The first-order valence-corrected chi connectivity index (χ1v) is 6.07. The number of carbonyl (C=O) groups is 2. The van der Waals surface area contributed by atoms with Gasteiger partial charge in [0, 0.05) is 0 Å². The van der Waals surface area contributed by atoms with E-state index in [0.29, 0.717) is 0 Å². The monoisotopic (exact) mass is 314 g/mol. The van der Waals surface area contributed by atoms with Gasteiger partial charge in [0.1, 0.15) is 0 Å². The molecule has 0 bridgehead atoms. The van der Waals surface area contributed by atoms with Crippen molar-refractivity contribution >= 4 is 11.9 Å². The zero-order valence-corrected chi connectivity index (χ0v) is 13.0. The molecule has 0 aliphatic heterocycles.